The van der Waals surface area contributed by atoms with Crippen LogP contribution in [0.5, 0.6) is 11.6 Å². The van der Waals surface area contributed by atoms with Gasteiger partial charge >= 0.3 is 5.97 Å². The third-order valence-corrected chi connectivity index (χ3v) is 5.06. The summed E-state index contributed by atoms with van der Waals surface area (Å²) in [4.78, 5) is 29.3. The predicted octanol–water partition coefficient (Wildman–Crippen LogP) is 6.77. The minimum atomic E-state index is -0.597. The lowest BCUT2D eigenvalue weighted by atomic mass is 10.1. The van der Waals surface area contributed by atoms with E-state index >= 15 is 0 Å². The van der Waals surface area contributed by atoms with E-state index in [9.17, 15) is 14.0 Å². The molecule has 0 spiro atoms. The van der Waals surface area contributed by atoms with Crippen molar-refractivity contribution in [2.75, 3.05) is 0 Å². The molecule has 0 aliphatic heterocycles. The first kappa shape index (κ1) is 25.5. The zero-order chi connectivity index (χ0) is 25.0. The van der Waals surface area contributed by atoms with Crippen LogP contribution >= 0.6 is 23.2 Å². The highest BCUT2D eigenvalue weighted by atomic mass is 35.5. The molecule has 0 aliphatic carbocycles. The number of benzene rings is 2. The maximum absolute atomic E-state index is 13.3. The molecule has 0 unspecified atom stereocenters. The van der Waals surface area contributed by atoms with E-state index in [-0.39, 0.29) is 27.2 Å². The first-order valence-corrected chi connectivity index (χ1v) is 11.1. The summed E-state index contributed by atoms with van der Waals surface area (Å²) in [6.07, 6.45) is 1.32. The van der Waals surface area contributed by atoms with Crippen molar-refractivity contribution in [1.82, 2.24) is 10.3 Å². The quantitative estimate of drug-likeness (QED) is 0.375. The third kappa shape index (κ3) is 6.68. The molecule has 3 aromatic rings. The Morgan fingerprint density at radius 3 is 2.35 bits per heavy atom. The Morgan fingerprint density at radius 1 is 1.06 bits per heavy atom. The van der Waals surface area contributed by atoms with E-state index in [1.807, 2.05) is 0 Å². The van der Waals surface area contributed by atoms with Gasteiger partial charge in [-0.3, -0.25) is 4.79 Å². The molecule has 0 bridgehead atoms. The molecule has 1 aromatic heterocycles. The zero-order valence-electron chi connectivity index (χ0n) is 19.0. The van der Waals surface area contributed by atoms with Crippen LogP contribution in [0.2, 0.25) is 10.0 Å². The predicted molar refractivity (Wildman–Crippen MR) is 128 cm³/mol. The van der Waals surface area contributed by atoms with Gasteiger partial charge in [0.2, 0.25) is 5.88 Å². The Kier molecular flexibility index (Phi) is 7.79. The molecular formula is C25H23Cl2FN2O4. The fraction of sp³-hybridized carbons (Fsp3) is 0.240. The molecule has 0 radical (unpaired) electrons. The minimum Gasteiger partial charge on any atom is -0.456 e. The number of esters is 1. The van der Waals surface area contributed by atoms with Gasteiger partial charge < -0.3 is 14.8 Å². The van der Waals surface area contributed by atoms with Crippen molar-refractivity contribution in [3.63, 3.8) is 0 Å². The van der Waals surface area contributed by atoms with Crippen molar-refractivity contribution < 1.29 is 23.5 Å². The van der Waals surface area contributed by atoms with Gasteiger partial charge in [0.25, 0.3) is 5.91 Å². The Balaban J connectivity index is 1.76. The molecular weight excluding hydrogens is 482 g/mol. The molecule has 178 valence electrons. The molecule has 0 saturated heterocycles. The SMILES string of the molecule is C[C@H](NC(=O)c1cc(Cl)cnc1Oc1ccc(F)cc1Cl)c1ccc(C(=O)OC(C)(C)C)cc1. The van der Waals surface area contributed by atoms with Crippen molar-refractivity contribution in [2.45, 2.75) is 39.3 Å². The van der Waals surface area contributed by atoms with Gasteiger partial charge in [0.15, 0.2) is 0 Å². The van der Waals surface area contributed by atoms with Gasteiger partial charge in [0.1, 0.15) is 22.7 Å². The number of nitrogens with zero attached hydrogens (tertiary/aromatic N) is 1. The van der Waals surface area contributed by atoms with Gasteiger partial charge in [0, 0.05) is 6.20 Å². The van der Waals surface area contributed by atoms with E-state index in [0.29, 0.717) is 5.56 Å². The summed E-state index contributed by atoms with van der Waals surface area (Å²) < 4.78 is 24.4. The molecule has 6 nitrogen and oxygen atoms in total. The number of rotatable bonds is 6. The molecule has 1 atom stereocenters. The molecule has 1 N–H and O–H groups in total. The van der Waals surface area contributed by atoms with Crippen molar-refractivity contribution >= 4 is 35.1 Å². The van der Waals surface area contributed by atoms with Crippen molar-refractivity contribution in [1.29, 1.82) is 0 Å². The molecule has 2 aromatic carbocycles. The molecule has 1 amide bonds. The van der Waals surface area contributed by atoms with Gasteiger partial charge in [-0.1, -0.05) is 35.3 Å². The van der Waals surface area contributed by atoms with Crippen LogP contribution in [0, 0.1) is 5.82 Å². The van der Waals surface area contributed by atoms with Gasteiger partial charge in [-0.15, -0.1) is 0 Å². The van der Waals surface area contributed by atoms with E-state index in [1.54, 1.807) is 52.0 Å². The Bertz CT molecular complexity index is 1210. The highest BCUT2D eigenvalue weighted by Gasteiger charge is 2.21. The fourth-order valence-electron chi connectivity index (χ4n) is 2.94. The number of hydrogen-bond acceptors (Lipinski definition) is 5. The number of amides is 1. The second-order valence-corrected chi connectivity index (χ2v) is 9.35. The lowest BCUT2D eigenvalue weighted by molar-refractivity contribution is 0.00693. The Labute approximate surface area is 207 Å². The molecule has 3 rings (SSSR count). The Morgan fingerprint density at radius 2 is 1.74 bits per heavy atom. The van der Waals surface area contributed by atoms with Crippen LogP contribution in [-0.4, -0.2) is 22.5 Å². The normalized spacial score (nSPS) is 12.1. The van der Waals surface area contributed by atoms with Crippen molar-refractivity contribution in [3.8, 4) is 11.6 Å². The number of carbonyl (C=O) groups is 2. The zero-order valence-corrected chi connectivity index (χ0v) is 20.5. The lowest BCUT2D eigenvalue weighted by Crippen LogP contribution is -2.27. The topological polar surface area (TPSA) is 77.5 Å². The fourth-order valence-corrected chi connectivity index (χ4v) is 3.30. The molecule has 0 fully saturated rings. The lowest BCUT2D eigenvalue weighted by Gasteiger charge is -2.20. The van der Waals surface area contributed by atoms with Gasteiger partial charge in [-0.2, -0.15) is 0 Å². The summed E-state index contributed by atoms with van der Waals surface area (Å²) in [7, 11) is 0. The average molecular weight is 505 g/mol. The maximum Gasteiger partial charge on any atom is 0.338 e. The second-order valence-electron chi connectivity index (χ2n) is 8.50. The van der Waals surface area contributed by atoms with Crippen molar-refractivity contribution in [3.05, 3.63) is 87.3 Å². The maximum atomic E-state index is 13.3. The molecule has 0 aliphatic rings. The number of hydrogen-bond donors (Lipinski definition) is 1. The summed E-state index contributed by atoms with van der Waals surface area (Å²) in [5, 5.41) is 3.11. The molecule has 9 heteroatoms. The van der Waals surface area contributed by atoms with Crippen LogP contribution in [0.25, 0.3) is 0 Å². The van der Waals surface area contributed by atoms with E-state index in [1.165, 1.54) is 24.4 Å². The minimum absolute atomic E-state index is 0.0292. The summed E-state index contributed by atoms with van der Waals surface area (Å²) in [5.74, 6) is -1.35. The van der Waals surface area contributed by atoms with Crippen LogP contribution in [0.1, 0.15) is 60.0 Å². The number of carbonyl (C=O) groups excluding carboxylic acids is 2. The summed E-state index contributed by atoms with van der Waals surface area (Å²) in [6.45, 7) is 7.17. The summed E-state index contributed by atoms with van der Waals surface area (Å²) in [5.41, 5.74) is 0.646. The van der Waals surface area contributed by atoms with Crippen LogP contribution in [0.3, 0.4) is 0 Å². The number of pyridine rings is 1. The van der Waals surface area contributed by atoms with E-state index in [2.05, 4.69) is 10.3 Å². The second kappa shape index (κ2) is 10.4. The highest BCUT2D eigenvalue weighted by Crippen LogP contribution is 2.31. The number of aromatic nitrogens is 1. The van der Waals surface area contributed by atoms with E-state index in [4.69, 9.17) is 32.7 Å². The first-order chi connectivity index (χ1) is 15.9. The first-order valence-electron chi connectivity index (χ1n) is 10.4. The van der Waals surface area contributed by atoms with E-state index < -0.39 is 29.3 Å². The number of halogens is 3. The summed E-state index contributed by atoms with van der Waals surface area (Å²) >= 11 is 12.1. The van der Waals surface area contributed by atoms with Gasteiger partial charge in [-0.05, 0) is 69.7 Å². The molecule has 34 heavy (non-hydrogen) atoms. The largest absolute Gasteiger partial charge is 0.456 e. The van der Waals surface area contributed by atoms with Crippen LogP contribution < -0.4 is 10.1 Å². The van der Waals surface area contributed by atoms with Crippen molar-refractivity contribution in [2.24, 2.45) is 0 Å². The van der Waals surface area contributed by atoms with Gasteiger partial charge in [-0.25, -0.2) is 14.2 Å². The molecule has 0 saturated carbocycles. The van der Waals surface area contributed by atoms with Gasteiger partial charge in [0.05, 0.1) is 21.7 Å². The van der Waals surface area contributed by atoms with Crippen LogP contribution in [0.4, 0.5) is 4.39 Å². The van der Waals surface area contributed by atoms with E-state index in [0.717, 1.165) is 11.6 Å². The summed E-state index contributed by atoms with van der Waals surface area (Å²) in [6, 6.07) is 11.3. The van der Waals surface area contributed by atoms with Crippen LogP contribution in [-0.2, 0) is 4.74 Å². The third-order valence-electron chi connectivity index (χ3n) is 4.56. The standard InChI is InChI=1S/C25H23Cl2FN2O4/c1-14(15-5-7-16(8-6-15)24(32)34-25(2,3)4)30-22(31)19-11-17(26)13-29-23(19)33-21-10-9-18(28)12-20(21)27/h5-14H,1-4H3,(H,30,31)/t14-/m0/s1. The average Bonchev–Trinajstić information content (AvgIpc) is 2.75. The monoisotopic (exact) mass is 504 g/mol. The smallest absolute Gasteiger partial charge is 0.338 e. The van der Waals surface area contributed by atoms with Crippen LogP contribution in [0.15, 0.2) is 54.7 Å². The highest BCUT2D eigenvalue weighted by molar-refractivity contribution is 6.32. The number of ether oxygens (including phenoxy) is 2. The number of nitrogens with one attached hydrogen (secondary N) is 1. The molecule has 1 heterocycles. The Hall–Kier alpha value is -3.16.